The van der Waals surface area contributed by atoms with E-state index in [4.69, 9.17) is 10.5 Å². The van der Waals surface area contributed by atoms with Gasteiger partial charge < -0.3 is 20.5 Å². The molecule has 3 unspecified atom stereocenters. The van der Waals surface area contributed by atoms with Crippen LogP contribution in [0, 0.1) is 0 Å². The molecule has 5 rings (SSSR count). The summed E-state index contributed by atoms with van der Waals surface area (Å²) in [4.78, 5) is 13.3. The van der Waals surface area contributed by atoms with Crippen molar-refractivity contribution in [1.29, 1.82) is 0 Å². The van der Waals surface area contributed by atoms with Crippen LogP contribution in [-0.4, -0.2) is 43.7 Å². The molecule has 38 heavy (non-hydrogen) atoms. The van der Waals surface area contributed by atoms with Gasteiger partial charge in [0.05, 0.1) is 24.2 Å². The van der Waals surface area contributed by atoms with Crippen LogP contribution in [0.2, 0.25) is 0 Å². The molecule has 4 aromatic rings. The van der Waals surface area contributed by atoms with Crippen molar-refractivity contribution in [2.45, 2.75) is 35.3 Å². The van der Waals surface area contributed by atoms with Crippen molar-refractivity contribution in [3.8, 4) is 0 Å². The van der Waals surface area contributed by atoms with Gasteiger partial charge in [-0.2, -0.15) is 0 Å². The quantitative estimate of drug-likeness (QED) is 0.335. The van der Waals surface area contributed by atoms with Crippen molar-refractivity contribution in [1.82, 2.24) is 4.90 Å². The van der Waals surface area contributed by atoms with E-state index < -0.39 is 21.3 Å². The van der Waals surface area contributed by atoms with Gasteiger partial charge in [0.1, 0.15) is 5.37 Å². The Labute approximate surface area is 222 Å². The number of benzene rings is 4. The average Bonchev–Trinajstić information content (AvgIpc) is 2.96. The van der Waals surface area contributed by atoms with Gasteiger partial charge in [0.15, 0.2) is 9.84 Å². The molecular formula is C30H30N2O5S. The highest BCUT2D eigenvalue weighted by Gasteiger charge is 2.33. The number of amides is 1. The number of hydrogen-bond donors (Lipinski definition) is 2. The first-order chi connectivity index (χ1) is 18.3. The minimum absolute atomic E-state index is 0.0398. The number of carbonyl (C=O) groups is 1. The third kappa shape index (κ3) is 5.43. The van der Waals surface area contributed by atoms with Gasteiger partial charge in [-0.05, 0) is 52.1 Å². The van der Waals surface area contributed by atoms with Gasteiger partial charge in [0.2, 0.25) is 0 Å². The number of ether oxygens (including phenoxy) is 1. The third-order valence-electron chi connectivity index (χ3n) is 7.21. The topological polar surface area (TPSA) is 110 Å². The molecule has 0 aliphatic carbocycles. The van der Waals surface area contributed by atoms with Gasteiger partial charge in [0, 0.05) is 12.5 Å². The lowest BCUT2D eigenvalue weighted by atomic mass is 9.86. The molecule has 0 spiro atoms. The summed E-state index contributed by atoms with van der Waals surface area (Å²) in [7, 11) is -3.73. The van der Waals surface area contributed by atoms with Gasteiger partial charge in [-0.3, -0.25) is 0 Å². The minimum Gasteiger partial charge on any atom is -0.465 e. The summed E-state index contributed by atoms with van der Waals surface area (Å²) < 4.78 is 32.3. The Morgan fingerprint density at radius 1 is 0.947 bits per heavy atom. The Morgan fingerprint density at radius 2 is 1.63 bits per heavy atom. The van der Waals surface area contributed by atoms with Crippen molar-refractivity contribution in [2.75, 3.05) is 13.1 Å². The second-order valence-electron chi connectivity index (χ2n) is 9.60. The van der Waals surface area contributed by atoms with Gasteiger partial charge in [-0.15, -0.1) is 0 Å². The molecular weight excluding hydrogens is 500 g/mol. The van der Waals surface area contributed by atoms with Crippen LogP contribution in [0.4, 0.5) is 4.79 Å². The number of nitrogens with zero attached hydrogens (tertiary/aromatic N) is 1. The lowest BCUT2D eigenvalue weighted by Gasteiger charge is -2.37. The normalized spacial score (nSPS) is 18.8. The first-order valence-corrected chi connectivity index (χ1v) is 14.1. The molecule has 0 bridgehead atoms. The number of carboxylic acid groups (broad SMARTS) is 1. The van der Waals surface area contributed by atoms with Crippen LogP contribution in [0.25, 0.3) is 10.8 Å². The lowest BCUT2D eigenvalue weighted by molar-refractivity contribution is -0.0199. The number of fused-ring (bicyclic) bond motifs is 1. The Balaban J connectivity index is 1.34. The number of rotatable bonds is 7. The molecule has 1 saturated heterocycles. The summed E-state index contributed by atoms with van der Waals surface area (Å²) in [6.45, 7) is 1.02. The van der Waals surface area contributed by atoms with Crippen LogP contribution in [0.15, 0.2) is 102 Å². The van der Waals surface area contributed by atoms with Gasteiger partial charge in [0.25, 0.3) is 0 Å². The predicted molar refractivity (Wildman–Crippen MR) is 146 cm³/mol. The maximum absolute atomic E-state index is 13.0. The summed E-state index contributed by atoms with van der Waals surface area (Å²) in [5.74, 6) is -0.0398. The van der Waals surface area contributed by atoms with Crippen molar-refractivity contribution < 1.29 is 23.1 Å². The summed E-state index contributed by atoms with van der Waals surface area (Å²) >= 11 is 0. The van der Waals surface area contributed by atoms with Crippen LogP contribution in [0.5, 0.6) is 0 Å². The zero-order valence-corrected chi connectivity index (χ0v) is 21.6. The number of nitrogens with two attached hydrogens (primary N) is 1. The van der Waals surface area contributed by atoms with Crippen LogP contribution in [0.3, 0.4) is 0 Å². The monoisotopic (exact) mass is 530 g/mol. The highest BCUT2D eigenvalue weighted by atomic mass is 32.2. The van der Waals surface area contributed by atoms with Crippen LogP contribution >= 0.6 is 0 Å². The van der Waals surface area contributed by atoms with Crippen LogP contribution < -0.4 is 5.73 Å². The molecule has 3 atom stereocenters. The Kier molecular flexibility index (Phi) is 7.46. The molecule has 0 aromatic heterocycles. The predicted octanol–water partition coefficient (Wildman–Crippen LogP) is 5.32. The first kappa shape index (κ1) is 25.9. The summed E-state index contributed by atoms with van der Waals surface area (Å²) in [5.41, 5.74) is 8.65. The van der Waals surface area contributed by atoms with Crippen molar-refractivity contribution in [3.05, 3.63) is 114 Å². The summed E-state index contributed by atoms with van der Waals surface area (Å²) in [6.07, 6.45) is -0.711. The van der Waals surface area contributed by atoms with E-state index in [1.165, 1.54) is 17.0 Å². The second kappa shape index (κ2) is 10.9. The van der Waals surface area contributed by atoms with E-state index in [2.05, 4.69) is 24.3 Å². The fourth-order valence-electron chi connectivity index (χ4n) is 5.04. The van der Waals surface area contributed by atoms with E-state index in [-0.39, 0.29) is 23.5 Å². The molecule has 196 valence electrons. The molecule has 0 radical (unpaired) electrons. The molecule has 1 amide bonds. The minimum atomic E-state index is -3.73. The highest BCUT2D eigenvalue weighted by molar-refractivity contribution is 7.91. The van der Waals surface area contributed by atoms with E-state index in [0.29, 0.717) is 25.1 Å². The summed E-state index contributed by atoms with van der Waals surface area (Å²) in [5, 5.41) is 10.7. The maximum atomic E-state index is 13.0. The van der Waals surface area contributed by atoms with E-state index >= 15 is 0 Å². The van der Waals surface area contributed by atoms with E-state index in [1.807, 2.05) is 30.3 Å². The molecule has 8 heteroatoms. The number of sulfone groups is 1. The van der Waals surface area contributed by atoms with Crippen LogP contribution in [-0.2, 0) is 21.2 Å². The number of piperidine rings is 1. The maximum Gasteiger partial charge on any atom is 0.407 e. The number of hydrogen-bond acceptors (Lipinski definition) is 5. The van der Waals surface area contributed by atoms with E-state index in [9.17, 15) is 18.3 Å². The van der Waals surface area contributed by atoms with Crippen molar-refractivity contribution in [2.24, 2.45) is 5.73 Å². The fourth-order valence-corrected chi connectivity index (χ4v) is 6.39. The Morgan fingerprint density at radius 3 is 2.34 bits per heavy atom. The van der Waals surface area contributed by atoms with Crippen LogP contribution in [0.1, 0.15) is 34.4 Å². The molecule has 1 aliphatic rings. The molecule has 1 heterocycles. The lowest BCUT2D eigenvalue weighted by Crippen LogP contribution is -2.46. The Bertz CT molecular complexity index is 1520. The molecule has 1 aliphatic heterocycles. The standard InChI is InChI=1S/C30H30N2O5S/c31-29(38(35,36)26-8-2-1-3-9-26)24-14-12-23(13-15-24)27-16-17-32(30(33)34)19-28(27)37-20-21-10-11-22-6-4-5-7-25(22)18-21/h1-15,18,27-29H,16-17,19-20,31H2,(H,33,34). The fraction of sp³-hybridized carbons (Fsp3) is 0.233. The van der Waals surface area contributed by atoms with Gasteiger partial charge in [-0.25, -0.2) is 13.2 Å². The highest BCUT2D eigenvalue weighted by Crippen LogP contribution is 2.33. The van der Waals surface area contributed by atoms with Gasteiger partial charge >= 0.3 is 6.09 Å². The largest absolute Gasteiger partial charge is 0.465 e. The molecule has 1 fully saturated rings. The first-order valence-electron chi connectivity index (χ1n) is 12.5. The van der Waals surface area contributed by atoms with E-state index in [0.717, 1.165) is 21.9 Å². The smallest absolute Gasteiger partial charge is 0.407 e. The van der Waals surface area contributed by atoms with Gasteiger partial charge in [-0.1, -0.05) is 78.9 Å². The zero-order chi connectivity index (χ0) is 26.7. The summed E-state index contributed by atoms with van der Waals surface area (Å²) in [6, 6.07) is 29.7. The van der Waals surface area contributed by atoms with E-state index in [1.54, 1.807) is 30.3 Å². The second-order valence-corrected chi connectivity index (χ2v) is 11.7. The third-order valence-corrected chi connectivity index (χ3v) is 9.08. The number of likely N-dealkylation sites (tertiary alicyclic amines) is 1. The SMILES string of the molecule is NC(c1ccc(C2CCN(C(=O)O)CC2OCc2ccc3ccccc3c2)cc1)S(=O)(=O)c1ccccc1. The zero-order valence-electron chi connectivity index (χ0n) is 20.8. The van der Waals surface area contributed by atoms with Crippen molar-refractivity contribution >= 4 is 26.7 Å². The molecule has 4 aromatic carbocycles. The molecule has 3 N–H and O–H groups in total. The molecule has 7 nitrogen and oxygen atoms in total. The Hall–Kier alpha value is -3.72. The average molecular weight is 531 g/mol. The molecule has 0 saturated carbocycles. The van der Waals surface area contributed by atoms with Crippen molar-refractivity contribution in [3.63, 3.8) is 0 Å².